The molecule has 0 aliphatic rings. The molecule has 0 radical (unpaired) electrons. The fraction of sp³-hybridized carbons (Fsp3) is 0.0714. The molecule has 3 aromatic rings. The first kappa shape index (κ1) is 12.3. The molecule has 100 valence electrons. The maximum Gasteiger partial charge on any atom is 0.339 e. The number of esters is 1. The monoisotopic (exact) mass is 271 g/mol. The Labute approximate surface area is 113 Å². The number of methoxy groups -OCH3 is 1. The number of nitrogens with zero attached hydrogens (tertiary/aromatic N) is 3. The van der Waals surface area contributed by atoms with Crippen molar-refractivity contribution in [2.24, 2.45) is 0 Å². The highest BCUT2D eigenvalue weighted by Crippen LogP contribution is 2.19. The average Bonchev–Trinajstić information content (AvgIpc) is 2.89. The van der Waals surface area contributed by atoms with Crippen LogP contribution in [-0.2, 0) is 4.74 Å². The smallest absolute Gasteiger partial charge is 0.339 e. The van der Waals surface area contributed by atoms with E-state index in [1.807, 2.05) is 0 Å². The van der Waals surface area contributed by atoms with E-state index in [9.17, 15) is 9.18 Å². The van der Waals surface area contributed by atoms with Gasteiger partial charge in [-0.3, -0.25) is 0 Å². The van der Waals surface area contributed by atoms with Gasteiger partial charge in [0.1, 0.15) is 5.82 Å². The number of rotatable bonds is 2. The Kier molecular flexibility index (Phi) is 2.90. The van der Waals surface area contributed by atoms with Gasteiger partial charge in [-0.25, -0.2) is 18.7 Å². The largest absolute Gasteiger partial charge is 0.465 e. The van der Waals surface area contributed by atoms with Crippen LogP contribution >= 0.6 is 0 Å². The fourth-order valence-corrected chi connectivity index (χ4v) is 1.88. The maximum absolute atomic E-state index is 13.7. The number of carbonyl (C=O) groups is 1. The number of pyridine rings is 1. The van der Waals surface area contributed by atoms with Gasteiger partial charge < -0.3 is 4.74 Å². The first-order valence-corrected chi connectivity index (χ1v) is 5.88. The zero-order chi connectivity index (χ0) is 14.1. The van der Waals surface area contributed by atoms with Crippen LogP contribution in [0.2, 0.25) is 0 Å². The van der Waals surface area contributed by atoms with Crippen molar-refractivity contribution < 1.29 is 13.9 Å². The Hall–Kier alpha value is -2.76. The number of ether oxygens (including phenoxy) is 1. The molecule has 0 saturated heterocycles. The molecule has 0 spiro atoms. The second kappa shape index (κ2) is 4.73. The maximum atomic E-state index is 13.7. The summed E-state index contributed by atoms with van der Waals surface area (Å²) in [5, 5.41) is 4.18. The number of fused-ring (bicyclic) bond motifs is 1. The van der Waals surface area contributed by atoms with E-state index in [0.717, 1.165) is 0 Å². The molecule has 3 rings (SSSR count). The molecule has 0 bridgehead atoms. The van der Waals surface area contributed by atoms with Crippen LogP contribution in [0.25, 0.3) is 17.0 Å². The third-order valence-electron chi connectivity index (χ3n) is 2.87. The number of hydrogen-bond acceptors (Lipinski definition) is 4. The van der Waals surface area contributed by atoms with Crippen LogP contribution < -0.4 is 0 Å². The Balaban J connectivity index is 2.12. The topological polar surface area (TPSA) is 56.5 Å². The number of hydrogen-bond donors (Lipinski definition) is 0. The highest BCUT2D eigenvalue weighted by atomic mass is 19.1. The van der Waals surface area contributed by atoms with Crippen LogP contribution in [0.1, 0.15) is 10.4 Å². The van der Waals surface area contributed by atoms with Crippen molar-refractivity contribution in [2.45, 2.75) is 0 Å². The first-order valence-electron chi connectivity index (χ1n) is 5.88. The lowest BCUT2D eigenvalue weighted by Crippen LogP contribution is -2.03. The molecule has 20 heavy (non-hydrogen) atoms. The molecular formula is C14H10FN3O2. The van der Waals surface area contributed by atoms with Crippen LogP contribution in [0.4, 0.5) is 4.39 Å². The van der Waals surface area contributed by atoms with E-state index in [4.69, 9.17) is 0 Å². The van der Waals surface area contributed by atoms with Gasteiger partial charge in [0.25, 0.3) is 0 Å². The van der Waals surface area contributed by atoms with Gasteiger partial charge in [-0.2, -0.15) is 0 Å². The Bertz CT molecular complexity index is 798. The second-order valence-electron chi connectivity index (χ2n) is 4.13. The predicted octanol–water partition coefficient (Wildman–Crippen LogP) is 2.32. The third-order valence-corrected chi connectivity index (χ3v) is 2.87. The summed E-state index contributed by atoms with van der Waals surface area (Å²) in [6.45, 7) is 0. The van der Waals surface area contributed by atoms with Crippen molar-refractivity contribution in [2.75, 3.05) is 7.11 Å². The molecule has 0 N–H and O–H groups in total. The van der Waals surface area contributed by atoms with Crippen LogP contribution in [0.15, 0.2) is 42.6 Å². The summed E-state index contributed by atoms with van der Waals surface area (Å²) in [5.41, 5.74) is 1.19. The molecule has 2 heterocycles. The highest BCUT2D eigenvalue weighted by Gasteiger charge is 2.12. The van der Waals surface area contributed by atoms with Crippen LogP contribution in [0, 0.1) is 5.82 Å². The zero-order valence-electron chi connectivity index (χ0n) is 10.6. The Morgan fingerprint density at radius 1 is 1.25 bits per heavy atom. The molecule has 2 aromatic heterocycles. The Morgan fingerprint density at radius 3 is 2.80 bits per heavy atom. The lowest BCUT2D eigenvalue weighted by atomic mass is 10.2. The van der Waals surface area contributed by atoms with Crippen molar-refractivity contribution in [3.8, 4) is 11.4 Å². The normalized spacial score (nSPS) is 10.7. The van der Waals surface area contributed by atoms with Crippen LogP contribution in [0.5, 0.6) is 0 Å². The molecular weight excluding hydrogens is 261 g/mol. The molecule has 5 nitrogen and oxygen atoms in total. The third kappa shape index (κ3) is 2.01. The number of carbonyl (C=O) groups excluding carboxylic acids is 1. The lowest BCUT2D eigenvalue weighted by molar-refractivity contribution is 0.0600. The second-order valence-corrected chi connectivity index (χ2v) is 4.13. The number of benzene rings is 1. The van der Waals surface area contributed by atoms with Gasteiger partial charge in [-0.05, 0) is 24.3 Å². The lowest BCUT2D eigenvalue weighted by Gasteiger charge is -1.98. The van der Waals surface area contributed by atoms with Gasteiger partial charge in [0.2, 0.25) is 0 Å². The fourth-order valence-electron chi connectivity index (χ4n) is 1.88. The van der Waals surface area contributed by atoms with E-state index >= 15 is 0 Å². The molecule has 0 atom stereocenters. The minimum absolute atomic E-state index is 0.269. The Morgan fingerprint density at radius 2 is 2.05 bits per heavy atom. The molecule has 0 fully saturated rings. The van der Waals surface area contributed by atoms with Crippen molar-refractivity contribution in [3.05, 3.63) is 54.0 Å². The van der Waals surface area contributed by atoms with Crippen molar-refractivity contribution in [3.63, 3.8) is 0 Å². The molecule has 0 aliphatic carbocycles. The van der Waals surface area contributed by atoms with Crippen LogP contribution in [-0.4, -0.2) is 27.7 Å². The molecule has 1 aromatic carbocycles. The van der Waals surface area contributed by atoms with Gasteiger partial charge in [0, 0.05) is 6.20 Å². The van der Waals surface area contributed by atoms with E-state index in [1.54, 1.807) is 30.3 Å². The highest BCUT2D eigenvalue weighted by molar-refractivity contribution is 5.89. The van der Waals surface area contributed by atoms with Gasteiger partial charge in [0.05, 0.1) is 18.2 Å². The summed E-state index contributed by atoms with van der Waals surface area (Å²) in [6, 6.07) is 9.48. The molecule has 0 saturated carbocycles. The van der Waals surface area contributed by atoms with E-state index in [1.165, 1.54) is 23.9 Å². The molecule has 6 heteroatoms. The number of halogens is 1. The summed E-state index contributed by atoms with van der Waals surface area (Å²) in [7, 11) is 1.30. The molecule has 0 unspecified atom stereocenters. The number of aromatic nitrogens is 3. The van der Waals surface area contributed by atoms with Crippen LogP contribution in [0.3, 0.4) is 0 Å². The standard InChI is InChI=1S/C14H10FN3O2/c1-20-14(19)9-6-7-12-16-13(17-18(12)8-9)10-4-2-3-5-11(10)15/h2-8H,1H3. The van der Waals surface area contributed by atoms with E-state index in [2.05, 4.69) is 14.8 Å². The van der Waals surface area contributed by atoms with E-state index in [0.29, 0.717) is 16.8 Å². The first-order chi connectivity index (χ1) is 9.69. The quantitative estimate of drug-likeness (QED) is 0.671. The molecule has 0 amide bonds. The minimum Gasteiger partial charge on any atom is -0.465 e. The summed E-state index contributed by atoms with van der Waals surface area (Å²) >= 11 is 0. The SMILES string of the molecule is COC(=O)c1ccc2nc(-c3ccccc3F)nn2c1. The minimum atomic E-state index is -0.463. The van der Waals surface area contributed by atoms with Crippen molar-refractivity contribution in [1.82, 2.24) is 14.6 Å². The summed E-state index contributed by atoms with van der Waals surface area (Å²) in [6.07, 6.45) is 1.50. The van der Waals surface area contributed by atoms with E-state index < -0.39 is 11.8 Å². The van der Waals surface area contributed by atoms with Gasteiger partial charge >= 0.3 is 5.97 Å². The predicted molar refractivity (Wildman–Crippen MR) is 69.7 cm³/mol. The summed E-state index contributed by atoms with van der Waals surface area (Å²) in [4.78, 5) is 15.7. The van der Waals surface area contributed by atoms with Gasteiger partial charge in [0.15, 0.2) is 11.5 Å². The van der Waals surface area contributed by atoms with E-state index in [-0.39, 0.29) is 5.82 Å². The summed E-state index contributed by atoms with van der Waals surface area (Å²) in [5.74, 6) is -0.587. The van der Waals surface area contributed by atoms with Crippen molar-refractivity contribution in [1.29, 1.82) is 0 Å². The van der Waals surface area contributed by atoms with Crippen molar-refractivity contribution >= 4 is 11.6 Å². The molecule has 0 aliphatic heterocycles. The van der Waals surface area contributed by atoms with Gasteiger partial charge in [-0.15, -0.1) is 5.10 Å². The average molecular weight is 271 g/mol. The summed E-state index contributed by atoms with van der Waals surface area (Å²) < 4.78 is 19.8. The van der Waals surface area contributed by atoms with Gasteiger partial charge in [-0.1, -0.05) is 12.1 Å². The zero-order valence-corrected chi connectivity index (χ0v) is 10.6.